The second kappa shape index (κ2) is 6.15. The van der Waals surface area contributed by atoms with E-state index in [9.17, 15) is 31.5 Å². The van der Waals surface area contributed by atoms with Crippen LogP contribution in [0.3, 0.4) is 0 Å². The Labute approximate surface area is 117 Å². The van der Waals surface area contributed by atoms with Crippen LogP contribution in [-0.4, -0.2) is 47.1 Å². The van der Waals surface area contributed by atoms with Gasteiger partial charge in [-0.05, 0) is 24.7 Å². The zero-order chi connectivity index (χ0) is 16.4. The molecule has 0 saturated carbocycles. The van der Waals surface area contributed by atoms with Gasteiger partial charge in [0.05, 0.1) is 0 Å². The van der Waals surface area contributed by atoms with E-state index in [4.69, 9.17) is 5.11 Å². The van der Waals surface area contributed by atoms with Crippen molar-refractivity contribution in [2.24, 2.45) is 11.8 Å². The molecule has 1 aliphatic rings. The van der Waals surface area contributed by atoms with Crippen LogP contribution in [-0.2, 0) is 9.59 Å². The van der Waals surface area contributed by atoms with Crippen LogP contribution in [0.4, 0.5) is 22.0 Å². The monoisotopic (exact) mass is 317 g/mol. The number of carbonyl (C=O) groups excluding carboxylic acids is 1. The fraction of sp³-hybridized carbons (Fsp3) is 0.833. The van der Waals surface area contributed by atoms with Gasteiger partial charge in [0.25, 0.3) is 0 Å². The molecule has 0 aromatic carbocycles. The number of nitrogens with zero attached hydrogens (tertiary/aromatic N) is 1. The van der Waals surface area contributed by atoms with E-state index in [-0.39, 0.29) is 25.9 Å². The Hall–Kier alpha value is -1.41. The maximum atomic E-state index is 13.0. The molecule has 1 N–H and O–H groups in total. The molecular formula is C12H16F5NO3. The van der Waals surface area contributed by atoms with E-state index in [0.29, 0.717) is 11.3 Å². The summed E-state index contributed by atoms with van der Waals surface area (Å²) in [5, 5.41) is 8.68. The van der Waals surface area contributed by atoms with Crippen LogP contribution < -0.4 is 0 Å². The molecule has 122 valence electrons. The van der Waals surface area contributed by atoms with Crippen LogP contribution in [0.15, 0.2) is 0 Å². The summed E-state index contributed by atoms with van der Waals surface area (Å²) in [4.78, 5) is 22.5. The Kier molecular flexibility index (Phi) is 5.16. The van der Waals surface area contributed by atoms with Crippen molar-refractivity contribution in [1.82, 2.24) is 4.90 Å². The molecule has 1 fully saturated rings. The van der Waals surface area contributed by atoms with E-state index < -0.39 is 35.8 Å². The van der Waals surface area contributed by atoms with Gasteiger partial charge in [0.1, 0.15) is 0 Å². The van der Waals surface area contributed by atoms with Gasteiger partial charge in [-0.1, -0.05) is 6.92 Å². The number of hydrogen-bond donors (Lipinski definition) is 1. The number of carbonyl (C=O) groups is 2. The van der Waals surface area contributed by atoms with Crippen LogP contribution in [0.25, 0.3) is 0 Å². The first-order chi connectivity index (χ1) is 9.46. The number of hydrogen-bond acceptors (Lipinski definition) is 2. The maximum absolute atomic E-state index is 13.0. The molecule has 0 bridgehead atoms. The zero-order valence-corrected chi connectivity index (χ0v) is 11.3. The minimum absolute atomic E-state index is 0.180. The number of likely N-dealkylation sites (tertiary alicyclic amines) is 1. The summed E-state index contributed by atoms with van der Waals surface area (Å²) >= 11 is 0. The van der Waals surface area contributed by atoms with E-state index in [1.165, 1.54) is 0 Å². The van der Waals surface area contributed by atoms with Crippen molar-refractivity contribution in [1.29, 1.82) is 0 Å². The highest BCUT2D eigenvalue weighted by molar-refractivity contribution is 5.84. The van der Waals surface area contributed by atoms with Crippen LogP contribution in [0.5, 0.6) is 0 Å². The average molecular weight is 317 g/mol. The minimum Gasteiger partial charge on any atom is -0.481 e. The second-order valence-electron chi connectivity index (χ2n) is 5.30. The van der Waals surface area contributed by atoms with E-state index in [0.717, 1.165) is 0 Å². The Bertz CT molecular complexity index is 410. The highest BCUT2D eigenvalue weighted by atomic mass is 19.4. The Morgan fingerprint density at radius 1 is 1.29 bits per heavy atom. The maximum Gasteiger partial charge on any atom is 0.463 e. The van der Waals surface area contributed by atoms with Crippen LogP contribution in [0, 0.1) is 11.8 Å². The molecule has 0 spiro atoms. The quantitative estimate of drug-likeness (QED) is 0.811. The fourth-order valence-electron chi connectivity index (χ4n) is 2.42. The third kappa shape index (κ3) is 4.04. The lowest BCUT2D eigenvalue weighted by Gasteiger charge is -2.37. The smallest absolute Gasteiger partial charge is 0.463 e. The number of halogens is 5. The number of piperidine rings is 1. The van der Waals surface area contributed by atoms with E-state index >= 15 is 0 Å². The van der Waals surface area contributed by atoms with Gasteiger partial charge < -0.3 is 10.0 Å². The molecule has 1 rings (SSSR count). The number of rotatable bonds is 4. The van der Waals surface area contributed by atoms with Crippen molar-refractivity contribution in [3.05, 3.63) is 0 Å². The van der Waals surface area contributed by atoms with Crippen LogP contribution in [0.1, 0.15) is 26.2 Å². The molecule has 0 radical (unpaired) electrons. The molecule has 0 aliphatic carbocycles. The van der Waals surface area contributed by atoms with Gasteiger partial charge >= 0.3 is 24.0 Å². The molecule has 9 heteroatoms. The summed E-state index contributed by atoms with van der Waals surface area (Å²) in [6, 6.07) is 0. The van der Waals surface area contributed by atoms with Gasteiger partial charge in [-0.3, -0.25) is 9.59 Å². The molecule has 1 amide bonds. The molecular weight excluding hydrogens is 301 g/mol. The largest absolute Gasteiger partial charge is 0.481 e. The third-order valence-electron chi connectivity index (χ3n) is 3.67. The average Bonchev–Trinajstić information content (AvgIpc) is 2.35. The van der Waals surface area contributed by atoms with Gasteiger partial charge in [0, 0.05) is 19.5 Å². The van der Waals surface area contributed by atoms with Gasteiger partial charge in [-0.25, -0.2) is 0 Å². The lowest BCUT2D eigenvalue weighted by molar-refractivity contribution is -0.275. The highest BCUT2D eigenvalue weighted by Crippen LogP contribution is 2.38. The summed E-state index contributed by atoms with van der Waals surface area (Å²) in [7, 11) is 0. The first kappa shape index (κ1) is 17.6. The predicted molar refractivity (Wildman–Crippen MR) is 61.7 cm³/mol. The molecule has 1 heterocycles. The fourth-order valence-corrected chi connectivity index (χ4v) is 2.42. The summed E-state index contributed by atoms with van der Waals surface area (Å²) in [5.74, 6) is -9.56. The van der Waals surface area contributed by atoms with Crippen molar-refractivity contribution in [3.63, 3.8) is 0 Å². The molecule has 2 unspecified atom stereocenters. The summed E-state index contributed by atoms with van der Waals surface area (Å²) in [5.41, 5.74) is 0. The van der Waals surface area contributed by atoms with E-state index in [2.05, 4.69) is 0 Å². The van der Waals surface area contributed by atoms with Crippen molar-refractivity contribution in [2.45, 2.75) is 38.3 Å². The number of alkyl halides is 5. The molecule has 4 nitrogen and oxygen atoms in total. The van der Waals surface area contributed by atoms with Crippen molar-refractivity contribution < 1.29 is 36.6 Å². The van der Waals surface area contributed by atoms with Crippen molar-refractivity contribution in [2.75, 3.05) is 13.1 Å². The topological polar surface area (TPSA) is 57.6 Å². The van der Waals surface area contributed by atoms with Crippen LogP contribution in [0.2, 0.25) is 0 Å². The molecule has 0 aromatic heterocycles. The number of aliphatic carboxylic acids is 1. The number of carboxylic acid groups (broad SMARTS) is 1. The number of amides is 1. The molecule has 0 aromatic rings. The standard InChI is InChI=1S/C12H16F5NO3/c1-7(5-9(19)20)8-3-2-4-18(6-8)10(21)11(13,14)12(15,16)17/h7-8H,2-6H2,1H3,(H,19,20). The third-order valence-corrected chi connectivity index (χ3v) is 3.67. The Morgan fingerprint density at radius 3 is 2.33 bits per heavy atom. The van der Waals surface area contributed by atoms with Crippen LogP contribution >= 0.6 is 0 Å². The lowest BCUT2D eigenvalue weighted by atomic mass is 9.84. The Balaban J connectivity index is 2.77. The summed E-state index contributed by atoms with van der Waals surface area (Å²) < 4.78 is 62.6. The Morgan fingerprint density at radius 2 is 1.86 bits per heavy atom. The minimum atomic E-state index is -5.93. The highest BCUT2D eigenvalue weighted by Gasteiger charge is 2.64. The van der Waals surface area contributed by atoms with Crippen molar-refractivity contribution in [3.8, 4) is 0 Å². The lowest BCUT2D eigenvalue weighted by Crippen LogP contribution is -2.54. The predicted octanol–water partition coefficient (Wildman–Crippen LogP) is 2.53. The van der Waals surface area contributed by atoms with Gasteiger partial charge in [0.2, 0.25) is 0 Å². The summed E-state index contributed by atoms with van der Waals surface area (Å²) in [6.45, 7) is 1.12. The van der Waals surface area contributed by atoms with E-state index in [1.54, 1.807) is 6.92 Å². The first-order valence-corrected chi connectivity index (χ1v) is 6.42. The SMILES string of the molecule is CC(CC(=O)O)C1CCCN(C(=O)C(F)(F)C(F)(F)F)C1. The van der Waals surface area contributed by atoms with Gasteiger partial charge in [-0.15, -0.1) is 0 Å². The second-order valence-corrected chi connectivity index (χ2v) is 5.30. The summed E-state index contributed by atoms with van der Waals surface area (Å²) in [6.07, 6.45) is -5.38. The normalized spacial score (nSPS) is 22.0. The molecule has 2 atom stereocenters. The zero-order valence-electron chi connectivity index (χ0n) is 11.3. The van der Waals surface area contributed by atoms with Crippen molar-refractivity contribution >= 4 is 11.9 Å². The van der Waals surface area contributed by atoms with E-state index in [1.807, 2.05) is 0 Å². The first-order valence-electron chi connectivity index (χ1n) is 6.42. The van der Waals surface area contributed by atoms with Gasteiger partial charge in [0.15, 0.2) is 0 Å². The molecule has 1 aliphatic heterocycles. The molecule has 1 saturated heterocycles. The number of carboxylic acids is 1. The van der Waals surface area contributed by atoms with Gasteiger partial charge in [-0.2, -0.15) is 22.0 Å². The molecule has 21 heavy (non-hydrogen) atoms.